The van der Waals surface area contributed by atoms with Crippen molar-refractivity contribution in [2.45, 2.75) is 32.3 Å². The Balaban J connectivity index is 2.07. The number of halogens is 2. The molecule has 4 heteroatoms. The van der Waals surface area contributed by atoms with E-state index in [4.69, 9.17) is 27.9 Å². The van der Waals surface area contributed by atoms with Crippen molar-refractivity contribution in [1.29, 1.82) is 0 Å². The average molecular weight is 287 g/mol. The maximum atomic E-state index is 12.2. The van der Waals surface area contributed by atoms with Gasteiger partial charge in [-0.15, -0.1) is 0 Å². The third-order valence-electron chi connectivity index (χ3n) is 3.09. The van der Waals surface area contributed by atoms with E-state index in [1.807, 2.05) is 6.92 Å². The standard InChI is InChI=1S/C14H16Cl2O2/c1-2-18-14(9-3-4-9)13(17)8-10-7-11(15)5-6-12(10)16/h5-7,9,14H,2-4,8H2,1H3. The Hall–Kier alpha value is -0.570. The Labute approximate surface area is 117 Å². The molecule has 2 rings (SSSR count). The minimum absolute atomic E-state index is 0.100. The molecular formula is C14H16Cl2O2. The predicted octanol–water partition coefficient (Wildman–Crippen LogP) is 3.92. The van der Waals surface area contributed by atoms with Crippen LogP contribution in [0.15, 0.2) is 18.2 Å². The fraction of sp³-hybridized carbons (Fsp3) is 0.500. The van der Waals surface area contributed by atoms with Crippen LogP contribution in [0.25, 0.3) is 0 Å². The number of ketones is 1. The highest BCUT2D eigenvalue weighted by molar-refractivity contribution is 6.33. The Bertz CT molecular complexity index is 441. The van der Waals surface area contributed by atoms with Gasteiger partial charge in [-0.1, -0.05) is 23.2 Å². The molecule has 0 aliphatic heterocycles. The number of hydrogen-bond acceptors (Lipinski definition) is 2. The van der Waals surface area contributed by atoms with Gasteiger partial charge in [0.15, 0.2) is 5.78 Å². The molecule has 1 aromatic rings. The SMILES string of the molecule is CCOC(C(=O)Cc1cc(Cl)ccc1Cl)C1CC1. The van der Waals surface area contributed by atoms with Crippen molar-refractivity contribution in [2.24, 2.45) is 5.92 Å². The zero-order valence-electron chi connectivity index (χ0n) is 10.3. The fourth-order valence-electron chi connectivity index (χ4n) is 2.04. The van der Waals surface area contributed by atoms with Crippen LogP contribution in [0.5, 0.6) is 0 Å². The molecule has 0 spiro atoms. The molecule has 0 aromatic heterocycles. The molecule has 0 bridgehead atoms. The summed E-state index contributed by atoms with van der Waals surface area (Å²) in [5.74, 6) is 0.499. The Morgan fingerprint density at radius 3 is 2.78 bits per heavy atom. The van der Waals surface area contributed by atoms with Crippen LogP contribution < -0.4 is 0 Å². The first-order valence-corrected chi connectivity index (χ1v) is 6.95. The van der Waals surface area contributed by atoms with Gasteiger partial charge in [-0.2, -0.15) is 0 Å². The van der Waals surface area contributed by atoms with Crippen LogP contribution in [-0.2, 0) is 16.0 Å². The van der Waals surface area contributed by atoms with E-state index >= 15 is 0 Å². The number of hydrogen-bond donors (Lipinski definition) is 0. The number of benzene rings is 1. The van der Waals surface area contributed by atoms with Gasteiger partial charge < -0.3 is 4.74 Å². The van der Waals surface area contributed by atoms with Gasteiger partial charge in [0.2, 0.25) is 0 Å². The Morgan fingerprint density at radius 2 is 2.17 bits per heavy atom. The highest BCUT2D eigenvalue weighted by Gasteiger charge is 2.36. The molecule has 0 amide bonds. The summed E-state index contributed by atoms with van der Waals surface area (Å²) in [5.41, 5.74) is 0.777. The summed E-state index contributed by atoms with van der Waals surface area (Å²) in [5, 5.41) is 1.18. The molecule has 1 fully saturated rings. The quantitative estimate of drug-likeness (QED) is 0.792. The highest BCUT2D eigenvalue weighted by atomic mass is 35.5. The molecule has 1 atom stereocenters. The van der Waals surface area contributed by atoms with Crippen molar-refractivity contribution in [3.63, 3.8) is 0 Å². The molecule has 98 valence electrons. The van der Waals surface area contributed by atoms with Crippen molar-refractivity contribution in [3.05, 3.63) is 33.8 Å². The van der Waals surface area contributed by atoms with E-state index in [2.05, 4.69) is 0 Å². The van der Waals surface area contributed by atoms with Crippen LogP contribution in [0.3, 0.4) is 0 Å². The molecule has 1 aliphatic carbocycles. The first kappa shape index (κ1) is 13.9. The summed E-state index contributed by atoms with van der Waals surface area (Å²) in [6.45, 7) is 2.48. The zero-order valence-corrected chi connectivity index (χ0v) is 11.8. The molecule has 0 radical (unpaired) electrons. The maximum Gasteiger partial charge on any atom is 0.166 e. The van der Waals surface area contributed by atoms with Crippen LogP contribution in [0.2, 0.25) is 10.0 Å². The van der Waals surface area contributed by atoms with Gasteiger partial charge in [0, 0.05) is 23.1 Å². The van der Waals surface area contributed by atoms with Crippen molar-refractivity contribution >= 4 is 29.0 Å². The molecule has 18 heavy (non-hydrogen) atoms. The second-order valence-corrected chi connectivity index (χ2v) is 5.44. The van der Waals surface area contributed by atoms with Crippen molar-refractivity contribution in [3.8, 4) is 0 Å². The smallest absolute Gasteiger partial charge is 0.166 e. The summed E-state index contributed by atoms with van der Waals surface area (Å²) < 4.78 is 5.54. The summed E-state index contributed by atoms with van der Waals surface area (Å²) in [6.07, 6.45) is 2.19. The number of Topliss-reactive ketones (excluding diaryl/α,β-unsaturated/α-hetero) is 1. The van der Waals surface area contributed by atoms with Crippen molar-refractivity contribution in [2.75, 3.05) is 6.61 Å². The summed E-state index contributed by atoms with van der Waals surface area (Å²) in [4.78, 5) is 12.2. The topological polar surface area (TPSA) is 26.3 Å². The van der Waals surface area contributed by atoms with Crippen LogP contribution in [0.4, 0.5) is 0 Å². The predicted molar refractivity (Wildman–Crippen MR) is 73.3 cm³/mol. The largest absolute Gasteiger partial charge is 0.370 e. The van der Waals surface area contributed by atoms with Gasteiger partial charge in [0.1, 0.15) is 6.10 Å². The highest BCUT2D eigenvalue weighted by Crippen LogP contribution is 2.35. The summed E-state index contributed by atoms with van der Waals surface area (Å²) >= 11 is 12.0. The lowest BCUT2D eigenvalue weighted by atomic mass is 10.0. The number of carbonyl (C=O) groups is 1. The minimum atomic E-state index is -0.273. The van der Waals surface area contributed by atoms with Gasteiger partial charge in [0.25, 0.3) is 0 Å². The monoisotopic (exact) mass is 286 g/mol. The Morgan fingerprint density at radius 1 is 1.44 bits per heavy atom. The summed E-state index contributed by atoms with van der Waals surface area (Å²) in [6, 6.07) is 5.19. The number of ether oxygens (including phenoxy) is 1. The maximum absolute atomic E-state index is 12.2. The molecular weight excluding hydrogens is 271 g/mol. The average Bonchev–Trinajstić information content (AvgIpc) is 3.14. The summed E-state index contributed by atoms with van der Waals surface area (Å²) in [7, 11) is 0. The third-order valence-corrected chi connectivity index (χ3v) is 3.69. The van der Waals surface area contributed by atoms with Gasteiger partial charge in [-0.05, 0) is 49.4 Å². The molecule has 1 aromatic carbocycles. The van der Waals surface area contributed by atoms with E-state index in [-0.39, 0.29) is 11.9 Å². The van der Waals surface area contributed by atoms with Gasteiger partial charge in [0.05, 0.1) is 0 Å². The lowest BCUT2D eigenvalue weighted by Crippen LogP contribution is -2.28. The third kappa shape index (κ3) is 3.47. The van der Waals surface area contributed by atoms with Crippen LogP contribution in [-0.4, -0.2) is 18.5 Å². The van der Waals surface area contributed by atoms with E-state index in [0.29, 0.717) is 29.0 Å². The molecule has 1 saturated carbocycles. The fourth-order valence-corrected chi connectivity index (χ4v) is 2.42. The van der Waals surface area contributed by atoms with Crippen LogP contribution >= 0.6 is 23.2 Å². The van der Waals surface area contributed by atoms with Crippen molar-refractivity contribution in [1.82, 2.24) is 0 Å². The van der Waals surface area contributed by atoms with E-state index < -0.39 is 0 Å². The molecule has 1 unspecified atom stereocenters. The molecule has 0 N–H and O–H groups in total. The lowest BCUT2D eigenvalue weighted by molar-refractivity contribution is -0.130. The Kier molecular flexibility index (Phi) is 4.66. The van der Waals surface area contributed by atoms with Gasteiger partial charge in [-0.3, -0.25) is 4.79 Å². The normalized spacial score (nSPS) is 16.6. The first-order valence-electron chi connectivity index (χ1n) is 6.20. The molecule has 1 aliphatic rings. The molecule has 0 heterocycles. The van der Waals surface area contributed by atoms with Crippen molar-refractivity contribution < 1.29 is 9.53 Å². The second kappa shape index (κ2) is 6.05. The van der Waals surface area contributed by atoms with E-state index in [0.717, 1.165) is 18.4 Å². The number of carbonyl (C=O) groups excluding carboxylic acids is 1. The van der Waals surface area contributed by atoms with E-state index in [1.54, 1.807) is 18.2 Å². The van der Waals surface area contributed by atoms with E-state index in [1.165, 1.54) is 0 Å². The van der Waals surface area contributed by atoms with Gasteiger partial charge >= 0.3 is 0 Å². The molecule has 2 nitrogen and oxygen atoms in total. The molecule has 0 saturated heterocycles. The minimum Gasteiger partial charge on any atom is -0.370 e. The first-order chi connectivity index (χ1) is 8.61. The van der Waals surface area contributed by atoms with Crippen LogP contribution in [0, 0.1) is 5.92 Å². The second-order valence-electron chi connectivity index (χ2n) is 4.59. The van der Waals surface area contributed by atoms with Gasteiger partial charge in [-0.25, -0.2) is 0 Å². The zero-order chi connectivity index (χ0) is 13.1. The number of rotatable bonds is 6. The van der Waals surface area contributed by atoms with E-state index in [9.17, 15) is 4.79 Å². The lowest BCUT2D eigenvalue weighted by Gasteiger charge is -2.15. The van der Waals surface area contributed by atoms with Crippen LogP contribution in [0.1, 0.15) is 25.3 Å².